The fourth-order valence-corrected chi connectivity index (χ4v) is 1.54. The van der Waals surface area contributed by atoms with Crippen LogP contribution in [0.1, 0.15) is 13.8 Å². The Labute approximate surface area is 80.5 Å². The van der Waals surface area contributed by atoms with E-state index in [1.165, 1.54) is 13.8 Å². The topological polar surface area (TPSA) is 107 Å². The maximum Gasteiger partial charge on any atom is 0.334 e. The van der Waals surface area contributed by atoms with Gasteiger partial charge in [0.1, 0.15) is 6.10 Å². The molecule has 1 amide bonds. The van der Waals surface area contributed by atoms with Gasteiger partial charge in [0.05, 0.1) is 12.0 Å². The van der Waals surface area contributed by atoms with Crippen molar-refractivity contribution in [3.05, 3.63) is 0 Å². The molecule has 1 rings (SSSR count). The van der Waals surface area contributed by atoms with Gasteiger partial charge in [0.2, 0.25) is 5.91 Å². The number of carbonyl (C=O) groups excluding carboxylic acids is 1. The highest BCUT2D eigenvalue weighted by molar-refractivity contribution is 5.95. The summed E-state index contributed by atoms with van der Waals surface area (Å²) in [5, 5.41) is 29.6. The van der Waals surface area contributed by atoms with Crippen molar-refractivity contribution in [3.8, 4) is 0 Å². The van der Waals surface area contributed by atoms with Crippen molar-refractivity contribution < 1.29 is 24.9 Å². The molecule has 6 nitrogen and oxygen atoms in total. The smallest absolute Gasteiger partial charge is 0.334 e. The molecule has 14 heavy (non-hydrogen) atoms. The van der Waals surface area contributed by atoms with E-state index in [1.54, 1.807) is 0 Å². The first-order valence-corrected chi connectivity index (χ1v) is 4.14. The number of hydrogen-bond acceptors (Lipinski definition) is 4. The molecule has 0 spiro atoms. The van der Waals surface area contributed by atoms with Gasteiger partial charge < -0.3 is 20.6 Å². The van der Waals surface area contributed by atoms with Crippen molar-refractivity contribution in [1.82, 2.24) is 5.32 Å². The maximum atomic E-state index is 11.3. The molecule has 1 saturated heterocycles. The van der Waals surface area contributed by atoms with Crippen LogP contribution in [0.3, 0.4) is 0 Å². The summed E-state index contributed by atoms with van der Waals surface area (Å²) in [7, 11) is 0. The Bertz CT molecular complexity index is 287. The number of amides is 1. The highest BCUT2D eigenvalue weighted by Crippen LogP contribution is 2.35. The number of carboxylic acids is 1. The van der Waals surface area contributed by atoms with E-state index in [0.29, 0.717) is 0 Å². The SMILES string of the molecule is CC1(C)C(=O)NC(CO)(C(=O)O)C1O. The predicted octanol–water partition coefficient (Wildman–Crippen LogP) is -1.68. The van der Waals surface area contributed by atoms with Gasteiger partial charge in [0.15, 0.2) is 5.54 Å². The number of carbonyl (C=O) groups is 2. The van der Waals surface area contributed by atoms with Gasteiger partial charge in [-0.1, -0.05) is 0 Å². The third kappa shape index (κ3) is 1.11. The van der Waals surface area contributed by atoms with Crippen LogP contribution in [0.25, 0.3) is 0 Å². The summed E-state index contributed by atoms with van der Waals surface area (Å²) >= 11 is 0. The van der Waals surface area contributed by atoms with E-state index >= 15 is 0 Å². The van der Waals surface area contributed by atoms with Crippen LogP contribution in [0.15, 0.2) is 0 Å². The van der Waals surface area contributed by atoms with Crippen LogP contribution in [0, 0.1) is 5.41 Å². The molecule has 0 aromatic rings. The fraction of sp³-hybridized carbons (Fsp3) is 0.750. The first kappa shape index (κ1) is 10.9. The molecule has 0 bridgehead atoms. The largest absolute Gasteiger partial charge is 0.479 e. The lowest BCUT2D eigenvalue weighted by atomic mass is 9.80. The lowest BCUT2D eigenvalue weighted by molar-refractivity contribution is -0.152. The number of hydrogen-bond donors (Lipinski definition) is 4. The Balaban J connectivity index is 3.16. The summed E-state index contributed by atoms with van der Waals surface area (Å²) in [6.45, 7) is 2.01. The zero-order valence-electron chi connectivity index (χ0n) is 7.94. The van der Waals surface area contributed by atoms with Gasteiger partial charge in [-0.15, -0.1) is 0 Å². The van der Waals surface area contributed by atoms with Crippen LogP contribution >= 0.6 is 0 Å². The molecule has 6 heteroatoms. The number of aliphatic hydroxyl groups excluding tert-OH is 2. The minimum Gasteiger partial charge on any atom is -0.479 e. The fourth-order valence-electron chi connectivity index (χ4n) is 1.54. The van der Waals surface area contributed by atoms with Crippen molar-refractivity contribution in [1.29, 1.82) is 0 Å². The van der Waals surface area contributed by atoms with Crippen LogP contribution in [-0.4, -0.2) is 45.4 Å². The first-order valence-electron chi connectivity index (χ1n) is 4.14. The Morgan fingerprint density at radius 1 is 1.57 bits per heavy atom. The summed E-state index contributed by atoms with van der Waals surface area (Å²) in [4.78, 5) is 22.2. The third-order valence-corrected chi connectivity index (χ3v) is 2.70. The monoisotopic (exact) mass is 203 g/mol. The van der Waals surface area contributed by atoms with Crippen molar-refractivity contribution in [2.45, 2.75) is 25.5 Å². The second-order valence-corrected chi connectivity index (χ2v) is 4.01. The molecule has 1 fully saturated rings. The van der Waals surface area contributed by atoms with E-state index in [9.17, 15) is 14.7 Å². The lowest BCUT2D eigenvalue weighted by Gasteiger charge is -2.28. The quantitative estimate of drug-likeness (QED) is 0.429. The molecule has 0 aromatic heterocycles. The number of carboxylic acid groups (broad SMARTS) is 1. The molecule has 1 aliphatic rings. The number of aliphatic hydroxyl groups is 2. The summed E-state index contributed by atoms with van der Waals surface area (Å²) in [5.41, 5.74) is -3.18. The minimum atomic E-state index is -1.97. The third-order valence-electron chi connectivity index (χ3n) is 2.70. The van der Waals surface area contributed by atoms with Crippen molar-refractivity contribution in [2.24, 2.45) is 5.41 Å². The zero-order chi connectivity index (χ0) is 11.1. The molecule has 2 atom stereocenters. The van der Waals surface area contributed by atoms with E-state index in [-0.39, 0.29) is 0 Å². The molecule has 1 heterocycles. The minimum absolute atomic E-state index is 0.582. The van der Waals surface area contributed by atoms with Crippen molar-refractivity contribution in [2.75, 3.05) is 6.61 Å². The van der Waals surface area contributed by atoms with Gasteiger partial charge in [-0.3, -0.25) is 4.79 Å². The van der Waals surface area contributed by atoms with Crippen LogP contribution in [0.5, 0.6) is 0 Å². The molecule has 0 saturated carbocycles. The van der Waals surface area contributed by atoms with Crippen LogP contribution in [0.2, 0.25) is 0 Å². The van der Waals surface area contributed by atoms with E-state index in [0.717, 1.165) is 0 Å². The van der Waals surface area contributed by atoms with Crippen molar-refractivity contribution in [3.63, 3.8) is 0 Å². The van der Waals surface area contributed by atoms with E-state index in [1.807, 2.05) is 0 Å². The zero-order valence-corrected chi connectivity index (χ0v) is 7.94. The van der Waals surface area contributed by atoms with Crippen molar-refractivity contribution >= 4 is 11.9 Å². The first-order chi connectivity index (χ1) is 6.29. The lowest BCUT2D eigenvalue weighted by Crippen LogP contribution is -2.59. The maximum absolute atomic E-state index is 11.3. The molecule has 80 valence electrons. The standard InChI is InChI=1S/C8H13NO5/c1-7(2)4(11)8(3-10,6(13)14)9-5(7)12/h4,10-11H,3H2,1-2H3,(H,9,12)(H,13,14). The number of aliphatic carboxylic acids is 1. The number of rotatable bonds is 2. The van der Waals surface area contributed by atoms with Gasteiger partial charge in [-0.05, 0) is 13.8 Å². The number of nitrogens with one attached hydrogen (secondary N) is 1. The molecular weight excluding hydrogens is 190 g/mol. The van der Waals surface area contributed by atoms with Crippen LogP contribution in [0.4, 0.5) is 0 Å². The predicted molar refractivity (Wildman–Crippen MR) is 45.4 cm³/mol. The highest BCUT2D eigenvalue weighted by atomic mass is 16.4. The van der Waals surface area contributed by atoms with Gasteiger partial charge in [-0.2, -0.15) is 0 Å². The molecule has 0 aliphatic carbocycles. The molecule has 2 unspecified atom stereocenters. The Hall–Kier alpha value is -1.14. The Morgan fingerprint density at radius 3 is 2.21 bits per heavy atom. The van der Waals surface area contributed by atoms with E-state index in [2.05, 4.69) is 5.32 Å². The normalized spacial score (nSPS) is 35.4. The Morgan fingerprint density at radius 2 is 2.07 bits per heavy atom. The molecular formula is C8H13NO5. The van der Waals surface area contributed by atoms with Gasteiger partial charge in [0, 0.05) is 0 Å². The molecule has 0 aromatic carbocycles. The van der Waals surface area contributed by atoms with Crippen LogP contribution < -0.4 is 5.32 Å². The molecule has 0 radical (unpaired) electrons. The summed E-state index contributed by atoms with van der Waals surface area (Å²) in [6.07, 6.45) is -1.45. The Kier molecular flexibility index (Phi) is 2.29. The van der Waals surface area contributed by atoms with Gasteiger partial charge >= 0.3 is 5.97 Å². The second-order valence-electron chi connectivity index (χ2n) is 4.01. The van der Waals surface area contributed by atoms with Crippen LogP contribution in [-0.2, 0) is 9.59 Å². The second kappa shape index (κ2) is 2.93. The van der Waals surface area contributed by atoms with Gasteiger partial charge in [-0.25, -0.2) is 4.79 Å². The average Bonchev–Trinajstić information content (AvgIpc) is 2.27. The van der Waals surface area contributed by atoms with E-state index < -0.39 is 35.5 Å². The molecule has 4 N–H and O–H groups in total. The highest BCUT2D eigenvalue weighted by Gasteiger charge is 2.61. The summed E-state index contributed by atoms with van der Waals surface area (Å²) in [5.74, 6) is -2.02. The molecule has 1 aliphatic heterocycles. The van der Waals surface area contributed by atoms with Gasteiger partial charge in [0.25, 0.3) is 0 Å². The summed E-state index contributed by atoms with van der Waals surface area (Å²) in [6, 6.07) is 0. The summed E-state index contributed by atoms with van der Waals surface area (Å²) < 4.78 is 0. The average molecular weight is 203 g/mol. The van der Waals surface area contributed by atoms with E-state index in [4.69, 9.17) is 10.2 Å².